The molecule has 0 aliphatic carbocycles. The molecule has 12 heteroatoms. The average molecular weight is 513 g/mol. The van der Waals surface area contributed by atoms with Crippen LogP contribution in [0.15, 0.2) is 41.3 Å². The second-order valence-corrected chi connectivity index (χ2v) is 9.83. The maximum absolute atomic E-state index is 12.7. The first-order chi connectivity index (χ1) is 17.7. The van der Waals surface area contributed by atoms with Crippen molar-refractivity contribution in [3.63, 3.8) is 0 Å². The highest BCUT2D eigenvalue weighted by Gasteiger charge is 2.27. The fourth-order valence-electron chi connectivity index (χ4n) is 4.71. The van der Waals surface area contributed by atoms with E-state index in [9.17, 15) is 14.4 Å². The number of piperidine rings is 1. The Hall–Kier alpha value is -3.32. The highest BCUT2D eigenvalue weighted by Crippen LogP contribution is 2.18. The number of aliphatic hydroxyl groups is 1. The number of hydrogen-bond acceptors (Lipinski definition) is 8. The molecule has 0 spiro atoms. The van der Waals surface area contributed by atoms with E-state index >= 15 is 0 Å². The summed E-state index contributed by atoms with van der Waals surface area (Å²) in [5.41, 5.74) is 13.1. The lowest BCUT2D eigenvalue weighted by Crippen LogP contribution is -2.55. The van der Waals surface area contributed by atoms with Crippen molar-refractivity contribution in [3.05, 3.63) is 52.6 Å². The summed E-state index contributed by atoms with van der Waals surface area (Å²) in [7, 11) is 0. The van der Waals surface area contributed by atoms with Crippen molar-refractivity contribution in [3.8, 4) is 5.69 Å². The number of urea groups is 1. The van der Waals surface area contributed by atoms with Gasteiger partial charge in [0.05, 0.1) is 12.3 Å². The Morgan fingerprint density at radius 3 is 2.41 bits per heavy atom. The van der Waals surface area contributed by atoms with Gasteiger partial charge in [-0.15, -0.1) is 0 Å². The molecular formula is C25H36N8O4. The number of hydrogen-bond donors (Lipinski definition) is 4. The van der Waals surface area contributed by atoms with Crippen molar-refractivity contribution in [2.45, 2.75) is 32.0 Å². The van der Waals surface area contributed by atoms with Crippen LogP contribution in [0.3, 0.4) is 0 Å². The minimum atomic E-state index is -0.954. The third kappa shape index (κ3) is 6.52. The van der Waals surface area contributed by atoms with Gasteiger partial charge in [0, 0.05) is 51.5 Å². The SMILES string of the molecule is CC1CN(Cc2ccc(-n3ccc(NC(=O)N4CCN(C(=O)C(N)CO)CC4)nc3=O)cc2)CCC1N. The van der Waals surface area contributed by atoms with Crippen LogP contribution < -0.4 is 22.5 Å². The van der Waals surface area contributed by atoms with Crippen molar-refractivity contribution in [1.82, 2.24) is 24.3 Å². The number of amides is 3. The van der Waals surface area contributed by atoms with Gasteiger partial charge in [-0.3, -0.25) is 19.6 Å². The van der Waals surface area contributed by atoms with Crippen LogP contribution in [0, 0.1) is 5.92 Å². The van der Waals surface area contributed by atoms with Gasteiger partial charge in [0.15, 0.2) is 0 Å². The molecule has 4 rings (SSSR count). The highest BCUT2D eigenvalue weighted by molar-refractivity contribution is 5.88. The van der Waals surface area contributed by atoms with Gasteiger partial charge in [-0.05, 0) is 42.6 Å². The molecule has 1 aromatic carbocycles. The lowest BCUT2D eigenvalue weighted by atomic mass is 9.94. The Bertz CT molecular complexity index is 1150. The second kappa shape index (κ2) is 11.8. The van der Waals surface area contributed by atoms with E-state index < -0.39 is 24.4 Å². The Balaban J connectivity index is 1.32. The molecule has 12 nitrogen and oxygen atoms in total. The summed E-state index contributed by atoms with van der Waals surface area (Å²) in [6, 6.07) is 8.28. The third-order valence-corrected chi connectivity index (χ3v) is 7.11. The number of likely N-dealkylation sites (tertiary alicyclic amines) is 1. The first-order valence-electron chi connectivity index (χ1n) is 12.6. The van der Waals surface area contributed by atoms with Crippen LogP contribution >= 0.6 is 0 Å². The monoisotopic (exact) mass is 512 g/mol. The number of rotatable bonds is 6. The topological polar surface area (TPSA) is 163 Å². The molecule has 0 radical (unpaired) electrons. The van der Waals surface area contributed by atoms with Crippen molar-refractivity contribution in [1.29, 1.82) is 0 Å². The zero-order valence-corrected chi connectivity index (χ0v) is 21.1. The summed E-state index contributed by atoms with van der Waals surface area (Å²) < 4.78 is 1.43. The van der Waals surface area contributed by atoms with E-state index in [0.29, 0.717) is 37.8 Å². The van der Waals surface area contributed by atoms with Crippen molar-refractivity contribution < 1.29 is 14.7 Å². The number of nitrogens with one attached hydrogen (secondary N) is 1. The molecule has 6 N–H and O–H groups in total. The molecular weight excluding hydrogens is 476 g/mol. The molecule has 2 saturated heterocycles. The molecule has 3 atom stereocenters. The molecule has 2 aliphatic rings. The molecule has 3 amide bonds. The van der Waals surface area contributed by atoms with Crippen LogP contribution in [0.5, 0.6) is 0 Å². The maximum atomic E-state index is 12.7. The van der Waals surface area contributed by atoms with Crippen LogP contribution in [0.25, 0.3) is 5.69 Å². The zero-order valence-electron chi connectivity index (χ0n) is 21.1. The smallest absolute Gasteiger partial charge is 0.354 e. The van der Waals surface area contributed by atoms with Gasteiger partial charge in [-0.25, -0.2) is 9.59 Å². The van der Waals surface area contributed by atoms with Crippen molar-refractivity contribution in [2.24, 2.45) is 17.4 Å². The van der Waals surface area contributed by atoms with Gasteiger partial charge >= 0.3 is 11.7 Å². The molecule has 2 aliphatic heterocycles. The standard InChI is InChI=1S/C25H36N8O4/c1-17-14-30(8-6-20(17)26)15-18-2-4-19(5-3-18)33-9-7-22(29-25(33)37)28-24(36)32-12-10-31(11-13-32)23(35)21(27)16-34/h2-5,7,9,17,20-21,34H,6,8,10-16,26-27H2,1H3,(H,28,29,36,37). The van der Waals surface area contributed by atoms with E-state index in [1.165, 1.54) is 14.4 Å². The molecule has 200 valence electrons. The van der Waals surface area contributed by atoms with Gasteiger partial charge in [0.1, 0.15) is 11.9 Å². The van der Waals surface area contributed by atoms with Crippen LogP contribution in [0.2, 0.25) is 0 Å². The fourth-order valence-corrected chi connectivity index (χ4v) is 4.71. The van der Waals surface area contributed by atoms with E-state index in [0.717, 1.165) is 31.6 Å². The molecule has 0 bridgehead atoms. The molecule has 0 saturated carbocycles. The average Bonchev–Trinajstić information content (AvgIpc) is 2.90. The largest absolute Gasteiger partial charge is 0.394 e. The van der Waals surface area contributed by atoms with Crippen LogP contribution in [-0.2, 0) is 11.3 Å². The van der Waals surface area contributed by atoms with Gasteiger partial charge in [-0.2, -0.15) is 4.98 Å². The van der Waals surface area contributed by atoms with E-state index in [1.54, 1.807) is 12.3 Å². The summed E-state index contributed by atoms with van der Waals surface area (Å²) >= 11 is 0. The number of benzene rings is 1. The zero-order chi connectivity index (χ0) is 26.5. The van der Waals surface area contributed by atoms with Crippen molar-refractivity contribution in [2.75, 3.05) is 51.2 Å². The number of nitrogens with zero attached hydrogens (tertiary/aromatic N) is 5. The number of aromatic nitrogens is 2. The predicted octanol–water partition coefficient (Wildman–Crippen LogP) is -0.603. The molecule has 37 heavy (non-hydrogen) atoms. The molecule has 3 unspecified atom stereocenters. The number of piperazine rings is 1. The van der Waals surface area contributed by atoms with Gasteiger partial charge in [0.2, 0.25) is 5.91 Å². The highest BCUT2D eigenvalue weighted by atomic mass is 16.3. The number of carbonyl (C=O) groups excluding carboxylic acids is 2. The fraction of sp³-hybridized carbons (Fsp3) is 0.520. The summed E-state index contributed by atoms with van der Waals surface area (Å²) in [6.45, 7) is 5.81. The quantitative estimate of drug-likeness (QED) is 0.399. The number of carbonyl (C=O) groups is 2. The van der Waals surface area contributed by atoms with Crippen LogP contribution in [0.4, 0.5) is 10.6 Å². The van der Waals surface area contributed by atoms with Crippen LogP contribution in [0.1, 0.15) is 18.9 Å². The Morgan fingerprint density at radius 2 is 1.78 bits per heavy atom. The van der Waals surface area contributed by atoms with Crippen molar-refractivity contribution >= 4 is 17.8 Å². The second-order valence-electron chi connectivity index (χ2n) is 9.83. The van der Waals surface area contributed by atoms with E-state index in [2.05, 4.69) is 22.1 Å². The van der Waals surface area contributed by atoms with Gasteiger partial charge < -0.3 is 26.4 Å². The molecule has 3 heterocycles. The lowest BCUT2D eigenvalue weighted by Gasteiger charge is -2.35. The summed E-state index contributed by atoms with van der Waals surface area (Å²) in [4.78, 5) is 46.9. The summed E-state index contributed by atoms with van der Waals surface area (Å²) in [5.74, 6) is 0.286. The summed E-state index contributed by atoms with van der Waals surface area (Å²) in [6.07, 6.45) is 2.58. The Kier molecular flexibility index (Phi) is 8.54. The van der Waals surface area contributed by atoms with Crippen LogP contribution in [-0.4, -0.2) is 99.3 Å². The maximum Gasteiger partial charge on any atom is 0.354 e. The first kappa shape index (κ1) is 26.7. The minimum Gasteiger partial charge on any atom is -0.394 e. The minimum absolute atomic E-state index is 0.154. The van der Waals surface area contributed by atoms with Gasteiger partial charge in [0.25, 0.3) is 0 Å². The van der Waals surface area contributed by atoms with Gasteiger partial charge in [-0.1, -0.05) is 19.1 Å². The number of nitrogens with two attached hydrogens (primary N) is 2. The first-order valence-corrected chi connectivity index (χ1v) is 12.6. The normalized spacial score (nSPS) is 21.5. The van der Waals surface area contributed by atoms with E-state index in [4.69, 9.17) is 16.6 Å². The number of anilines is 1. The van der Waals surface area contributed by atoms with E-state index in [1.807, 2.05) is 24.3 Å². The predicted molar refractivity (Wildman–Crippen MR) is 139 cm³/mol. The van der Waals surface area contributed by atoms with E-state index in [-0.39, 0.29) is 17.8 Å². The Labute approximate surface area is 215 Å². The number of aliphatic hydroxyl groups excluding tert-OH is 1. The third-order valence-electron chi connectivity index (χ3n) is 7.11. The molecule has 1 aromatic heterocycles. The lowest BCUT2D eigenvalue weighted by molar-refractivity contribution is -0.134. The summed E-state index contributed by atoms with van der Waals surface area (Å²) in [5, 5.41) is 11.7. The molecule has 2 aromatic rings. The Morgan fingerprint density at radius 1 is 1.11 bits per heavy atom. The molecule has 2 fully saturated rings.